The van der Waals surface area contributed by atoms with Crippen molar-refractivity contribution in [2.75, 3.05) is 51.3 Å². The molecule has 0 spiro atoms. The Bertz CT molecular complexity index is 1020. The first kappa shape index (κ1) is 20.3. The summed E-state index contributed by atoms with van der Waals surface area (Å²) in [4.78, 5) is 12.7. The molecular weight excluding hydrogens is 386 g/mol. The quantitative estimate of drug-likeness (QED) is 0.634. The fourth-order valence-corrected chi connectivity index (χ4v) is 5.23. The summed E-state index contributed by atoms with van der Waals surface area (Å²) in [6.45, 7) is 7.58. The van der Waals surface area contributed by atoms with Crippen molar-refractivity contribution in [2.45, 2.75) is 25.4 Å². The van der Waals surface area contributed by atoms with E-state index in [1.165, 1.54) is 36.4 Å². The molecule has 0 radical (unpaired) electrons. The molecule has 2 aromatic carbocycles. The van der Waals surface area contributed by atoms with E-state index in [9.17, 15) is 0 Å². The summed E-state index contributed by atoms with van der Waals surface area (Å²) in [7, 11) is 3.90. The van der Waals surface area contributed by atoms with Gasteiger partial charge in [0, 0.05) is 45.8 Å². The van der Waals surface area contributed by atoms with Crippen molar-refractivity contribution in [3.8, 4) is 5.75 Å². The number of ether oxygens (including phenoxy) is 1. The smallest absolute Gasteiger partial charge is 0.142 e. The lowest BCUT2D eigenvalue weighted by molar-refractivity contribution is 0.0869. The monoisotopic (exact) mass is 419 g/mol. The summed E-state index contributed by atoms with van der Waals surface area (Å²) in [6, 6.07) is 17.4. The molecule has 0 bridgehead atoms. The average Bonchev–Trinajstić information content (AvgIpc) is 3.14. The van der Waals surface area contributed by atoms with Gasteiger partial charge in [0.05, 0.1) is 30.4 Å². The van der Waals surface area contributed by atoms with Crippen LogP contribution in [0.1, 0.15) is 18.7 Å². The molecular formula is C25H33N5O. The second kappa shape index (κ2) is 8.89. The van der Waals surface area contributed by atoms with Crippen molar-refractivity contribution in [3.63, 3.8) is 0 Å². The maximum Gasteiger partial charge on any atom is 0.142 e. The first-order chi connectivity index (χ1) is 15.2. The van der Waals surface area contributed by atoms with Crippen LogP contribution in [0.3, 0.4) is 0 Å². The van der Waals surface area contributed by atoms with E-state index in [1.807, 2.05) is 6.07 Å². The molecule has 6 heteroatoms. The topological polar surface area (TPSA) is 36.8 Å². The number of aromatic nitrogens is 2. The van der Waals surface area contributed by atoms with Gasteiger partial charge in [0.1, 0.15) is 11.6 Å². The number of anilines is 1. The van der Waals surface area contributed by atoms with Crippen molar-refractivity contribution in [1.29, 1.82) is 0 Å². The maximum atomic E-state index is 5.57. The Hall–Kier alpha value is -2.57. The van der Waals surface area contributed by atoms with Gasteiger partial charge in [0.2, 0.25) is 0 Å². The first-order valence-corrected chi connectivity index (χ1v) is 11.5. The van der Waals surface area contributed by atoms with Crippen LogP contribution in [0.5, 0.6) is 5.75 Å². The fraction of sp³-hybridized carbons (Fsp3) is 0.480. The largest absolute Gasteiger partial charge is 0.495 e. The van der Waals surface area contributed by atoms with Crippen LogP contribution in [-0.2, 0) is 13.6 Å². The molecule has 6 nitrogen and oxygen atoms in total. The standard InChI is InChI=1S/C25H33N5O/c1-27-22-10-4-3-9-21(22)26-25(27)19-28-13-7-8-20(18-28)29-14-16-30(17-15-29)23-11-5-6-12-24(23)31-2/h3-6,9-12,20H,7-8,13-19H2,1-2H3/t20-/m0/s1. The number of para-hydroxylation sites is 4. The molecule has 2 aliphatic heterocycles. The number of benzene rings is 2. The van der Waals surface area contributed by atoms with Crippen LogP contribution in [-0.4, -0.2) is 71.8 Å². The number of hydrogen-bond donors (Lipinski definition) is 0. The van der Waals surface area contributed by atoms with Crippen LogP contribution in [0.4, 0.5) is 5.69 Å². The van der Waals surface area contributed by atoms with Crippen LogP contribution < -0.4 is 9.64 Å². The SMILES string of the molecule is COc1ccccc1N1CCN([C@H]2CCCN(Cc3nc4ccccc4n3C)C2)CC1. The van der Waals surface area contributed by atoms with Crippen molar-refractivity contribution >= 4 is 16.7 Å². The highest BCUT2D eigenvalue weighted by atomic mass is 16.5. The van der Waals surface area contributed by atoms with Crippen LogP contribution in [0.25, 0.3) is 11.0 Å². The minimum atomic E-state index is 0.642. The highest BCUT2D eigenvalue weighted by Gasteiger charge is 2.29. The maximum absolute atomic E-state index is 5.57. The molecule has 0 amide bonds. The lowest BCUT2D eigenvalue weighted by Crippen LogP contribution is -2.55. The molecule has 0 unspecified atom stereocenters. The third-order valence-corrected chi connectivity index (χ3v) is 6.98. The van der Waals surface area contributed by atoms with E-state index in [1.54, 1.807) is 7.11 Å². The first-order valence-electron chi connectivity index (χ1n) is 11.5. The van der Waals surface area contributed by atoms with Gasteiger partial charge in [0.25, 0.3) is 0 Å². The van der Waals surface area contributed by atoms with Gasteiger partial charge >= 0.3 is 0 Å². The van der Waals surface area contributed by atoms with E-state index in [2.05, 4.69) is 68.8 Å². The number of fused-ring (bicyclic) bond motifs is 1. The summed E-state index contributed by atoms with van der Waals surface area (Å²) in [5.41, 5.74) is 3.54. The molecule has 2 fully saturated rings. The lowest BCUT2D eigenvalue weighted by Gasteiger charge is -2.44. The number of rotatable bonds is 5. The number of likely N-dealkylation sites (tertiary alicyclic amines) is 1. The normalized spacial score (nSPS) is 21.0. The van der Waals surface area contributed by atoms with Gasteiger partial charge in [-0.15, -0.1) is 0 Å². The van der Waals surface area contributed by atoms with Gasteiger partial charge in [-0.1, -0.05) is 24.3 Å². The van der Waals surface area contributed by atoms with E-state index in [0.29, 0.717) is 6.04 Å². The Morgan fingerprint density at radius 3 is 2.55 bits per heavy atom. The summed E-state index contributed by atoms with van der Waals surface area (Å²) >= 11 is 0. The molecule has 1 aromatic heterocycles. The van der Waals surface area contributed by atoms with E-state index in [-0.39, 0.29) is 0 Å². The van der Waals surface area contributed by atoms with Crippen LogP contribution in [0.15, 0.2) is 48.5 Å². The second-order valence-electron chi connectivity index (χ2n) is 8.80. The number of aryl methyl sites for hydroxylation is 1. The van der Waals surface area contributed by atoms with Crippen molar-refractivity contribution in [1.82, 2.24) is 19.4 Å². The zero-order valence-electron chi connectivity index (χ0n) is 18.7. The van der Waals surface area contributed by atoms with E-state index in [0.717, 1.165) is 50.5 Å². The predicted octanol–water partition coefficient (Wildman–Crippen LogP) is 3.37. The highest BCUT2D eigenvalue weighted by Crippen LogP contribution is 2.29. The zero-order chi connectivity index (χ0) is 21.2. The number of methoxy groups -OCH3 is 1. The predicted molar refractivity (Wildman–Crippen MR) is 126 cm³/mol. The molecule has 2 aliphatic rings. The van der Waals surface area contributed by atoms with E-state index >= 15 is 0 Å². The van der Waals surface area contributed by atoms with Crippen LogP contribution in [0.2, 0.25) is 0 Å². The minimum absolute atomic E-state index is 0.642. The Kier molecular flexibility index (Phi) is 5.83. The summed E-state index contributed by atoms with van der Waals surface area (Å²) in [5, 5.41) is 0. The lowest BCUT2D eigenvalue weighted by atomic mass is 10.0. The van der Waals surface area contributed by atoms with Crippen LogP contribution >= 0.6 is 0 Å². The van der Waals surface area contributed by atoms with Crippen LogP contribution in [0, 0.1) is 0 Å². The summed E-state index contributed by atoms with van der Waals surface area (Å²) in [6.07, 6.45) is 2.56. The molecule has 2 saturated heterocycles. The van der Waals surface area contributed by atoms with Crippen molar-refractivity contribution < 1.29 is 4.74 Å². The van der Waals surface area contributed by atoms with Gasteiger partial charge in [-0.2, -0.15) is 0 Å². The average molecular weight is 420 g/mol. The molecule has 164 valence electrons. The number of piperidine rings is 1. The van der Waals surface area contributed by atoms with E-state index in [4.69, 9.17) is 9.72 Å². The number of hydrogen-bond acceptors (Lipinski definition) is 5. The summed E-state index contributed by atoms with van der Waals surface area (Å²) in [5.74, 6) is 2.14. The zero-order valence-corrected chi connectivity index (χ0v) is 18.7. The third-order valence-electron chi connectivity index (χ3n) is 6.98. The molecule has 0 aliphatic carbocycles. The Morgan fingerprint density at radius 2 is 1.74 bits per heavy atom. The highest BCUT2D eigenvalue weighted by molar-refractivity contribution is 5.75. The second-order valence-corrected chi connectivity index (χ2v) is 8.80. The van der Waals surface area contributed by atoms with Gasteiger partial charge in [-0.05, 0) is 43.7 Å². The van der Waals surface area contributed by atoms with Gasteiger partial charge < -0.3 is 14.2 Å². The van der Waals surface area contributed by atoms with Gasteiger partial charge in [-0.25, -0.2) is 4.98 Å². The molecule has 0 saturated carbocycles. The van der Waals surface area contributed by atoms with Crippen molar-refractivity contribution in [2.24, 2.45) is 7.05 Å². The molecule has 5 rings (SSSR count). The Balaban J connectivity index is 1.20. The Labute approximate surface area is 185 Å². The van der Waals surface area contributed by atoms with E-state index < -0.39 is 0 Å². The summed E-state index contributed by atoms with van der Waals surface area (Å²) < 4.78 is 7.83. The van der Waals surface area contributed by atoms with Gasteiger partial charge in [0.15, 0.2) is 0 Å². The molecule has 3 aromatic rings. The van der Waals surface area contributed by atoms with Gasteiger partial charge in [-0.3, -0.25) is 9.80 Å². The number of nitrogens with zero attached hydrogens (tertiary/aromatic N) is 5. The Morgan fingerprint density at radius 1 is 0.968 bits per heavy atom. The number of imidazole rings is 1. The fourth-order valence-electron chi connectivity index (χ4n) is 5.23. The third kappa shape index (κ3) is 4.14. The minimum Gasteiger partial charge on any atom is -0.495 e. The molecule has 3 heterocycles. The number of piperazine rings is 1. The van der Waals surface area contributed by atoms with Crippen molar-refractivity contribution in [3.05, 3.63) is 54.4 Å². The molecule has 0 N–H and O–H groups in total. The molecule has 31 heavy (non-hydrogen) atoms. The molecule has 1 atom stereocenters.